The van der Waals surface area contributed by atoms with Crippen LogP contribution >= 0.6 is 0 Å². The summed E-state index contributed by atoms with van der Waals surface area (Å²) >= 11 is 0. The highest BCUT2D eigenvalue weighted by Gasteiger charge is 2.15. The minimum Gasteiger partial charge on any atom is -0.365 e. The number of nitrogens with one attached hydrogen (secondary N) is 2. The highest BCUT2D eigenvalue weighted by molar-refractivity contribution is 5.98. The first-order chi connectivity index (χ1) is 14.9. The lowest BCUT2D eigenvalue weighted by Gasteiger charge is -2.16. The summed E-state index contributed by atoms with van der Waals surface area (Å²) in [6, 6.07) is 14.7. The molecule has 0 bridgehead atoms. The molecule has 0 unspecified atom stereocenters. The monoisotopic (exact) mass is 409 g/mol. The molecule has 1 aromatic heterocycles. The Kier molecular flexibility index (Phi) is 6.24. The molecule has 152 valence electrons. The van der Waals surface area contributed by atoms with Crippen molar-refractivity contribution in [3.63, 3.8) is 0 Å². The number of hydrogen-bond acceptors (Lipinski definition) is 7. The summed E-state index contributed by atoms with van der Waals surface area (Å²) in [4.78, 5) is 20.5. The van der Waals surface area contributed by atoms with E-state index in [1.165, 1.54) is 12.3 Å². The van der Waals surface area contributed by atoms with Crippen molar-refractivity contribution in [2.24, 2.45) is 5.73 Å². The molecule has 2 aromatic carbocycles. The molecule has 8 nitrogen and oxygen atoms in total. The Hall–Kier alpha value is -4.69. The SMILES string of the molecule is Cc1cc(C=CC#N)cc(C)c1Nc1nc(Nc2ccc(C#N)cc2)ncc1C(N)=O. The normalized spacial score (nSPS) is 10.3. The second-order valence-corrected chi connectivity index (χ2v) is 6.75. The number of allylic oxidation sites excluding steroid dienone is 1. The maximum absolute atomic E-state index is 11.9. The van der Waals surface area contributed by atoms with Crippen molar-refractivity contribution < 1.29 is 4.79 Å². The van der Waals surface area contributed by atoms with Gasteiger partial charge in [-0.25, -0.2) is 4.98 Å². The summed E-state index contributed by atoms with van der Waals surface area (Å²) in [7, 11) is 0. The first-order valence-electron chi connectivity index (χ1n) is 9.29. The molecule has 0 aliphatic carbocycles. The van der Waals surface area contributed by atoms with Crippen molar-refractivity contribution in [1.29, 1.82) is 10.5 Å². The summed E-state index contributed by atoms with van der Waals surface area (Å²) in [5.74, 6) is -0.123. The van der Waals surface area contributed by atoms with E-state index in [1.807, 2.05) is 32.0 Å². The van der Waals surface area contributed by atoms with Crippen LogP contribution in [0.4, 0.5) is 23.1 Å². The van der Waals surface area contributed by atoms with E-state index >= 15 is 0 Å². The first kappa shape index (κ1) is 21.0. The van der Waals surface area contributed by atoms with Crippen molar-refractivity contribution in [3.05, 3.63) is 76.5 Å². The van der Waals surface area contributed by atoms with Crippen molar-refractivity contribution in [2.45, 2.75) is 13.8 Å². The van der Waals surface area contributed by atoms with Gasteiger partial charge in [-0.15, -0.1) is 0 Å². The van der Waals surface area contributed by atoms with Gasteiger partial charge >= 0.3 is 0 Å². The lowest BCUT2D eigenvalue weighted by molar-refractivity contribution is 0.100. The molecule has 0 atom stereocenters. The van der Waals surface area contributed by atoms with E-state index in [2.05, 4.69) is 26.7 Å². The zero-order valence-electron chi connectivity index (χ0n) is 17.0. The number of carbonyl (C=O) groups is 1. The maximum Gasteiger partial charge on any atom is 0.254 e. The van der Waals surface area contributed by atoms with Gasteiger partial charge < -0.3 is 16.4 Å². The molecule has 4 N–H and O–H groups in total. The third-order valence-corrected chi connectivity index (χ3v) is 4.47. The molecule has 3 rings (SSSR count). The number of nitrogens with zero attached hydrogens (tertiary/aromatic N) is 4. The minimum absolute atomic E-state index is 0.151. The second kappa shape index (κ2) is 9.21. The molecule has 31 heavy (non-hydrogen) atoms. The molecule has 0 radical (unpaired) electrons. The van der Waals surface area contributed by atoms with Crippen molar-refractivity contribution in [3.8, 4) is 12.1 Å². The number of rotatable bonds is 6. The summed E-state index contributed by atoms with van der Waals surface area (Å²) in [5, 5.41) is 23.9. The van der Waals surface area contributed by atoms with Gasteiger partial charge in [0.05, 0.1) is 17.7 Å². The van der Waals surface area contributed by atoms with E-state index in [1.54, 1.807) is 30.3 Å². The Morgan fingerprint density at radius 3 is 2.35 bits per heavy atom. The van der Waals surface area contributed by atoms with Crippen LogP contribution in [0.5, 0.6) is 0 Å². The topological polar surface area (TPSA) is 141 Å². The third kappa shape index (κ3) is 5.03. The van der Waals surface area contributed by atoms with Crippen LogP contribution < -0.4 is 16.4 Å². The first-order valence-corrected chi connectivity index (χ1v) is 9.29. The number of carbonyl (C=O) groups excluding carboxylic acids is 1. The van der Waals surface area contributed by atoms with Gasteiger partial charge in [0.15, 0.2) is 0 Å². The average molecular weight is 409 g/mol. The number of hydrogen-bond donors (Lipinski definition) is 3. The molecule has 0 aliphatic rings. The fourth-order valence-electron chi connectivity index (χ4n) is 3.02. The van der Waals surface area contributed by atoms with E-state index in [4.69, 9.17) is 16.3 Å². The Bertz CT molecular complexity index is 1230. The standard InChI is InChI=1S/C23H19N7O/c1-14-10-17(4-3-9-24)11-15(2)20(14)29-22-19(21(26)31)13-27-23(30-22)28-18-7-5-16(12-25)6-8-18/h3-8,10-11,13H,1-2H3,(H2,26,31)(H2,27,28,29,30). The van der Waals surface area contributed by atoms with Crippen LogP contribution in [-0.2, 0) is 0 Å². The molecular formula is C23H19N7O. The van der Waals surface area contributed by atoms with Gasteiger partial charge in [-0.1, -0.05) is 0 Å². The number of nitrogens with two attached hydrogens (primary N) is 1. The van der Waals surface area contributed by atoms with Gasteiger partial charge in [-0.2, -0.15) is 15.5 Å². The van der Waals surface area contributed by atoms with Crippen LogP contribution in [-0.4, -0.2) is 15.9 Å². The van der Waals surface area contributed by atoms with Gasteiger partial charge in [0, 0.05) is 23.6 Å². The Balaban J connectivity index is 1.95. The minimum atomic E-state index is -0.656. The Morgan fingerprint density at radius 1 is 1.10 bits per heavy atom. The zero-order valence-corrected chi connectivity index (χ0v) is 17.0. The van der Waals surface area contributed by atoms with Crippen LogP contribution in [0.2, 0.25) is 0 Å². The highest BCUT2D eigenvalue weighted by atomic mass is 16.1. The summed E-state index contributed by atoms with van der Waals surface area (Å²) < 4.78 is 0. The molecule has 0 aliphatic heterocycles. The smallest absolute Gasteiger partial charge is 0.254 e. The summed E-state index contributed by atoms with van der Waals surface area (Å²) in [6.07, 6.45) is 4.50. The van der Waals surface area contributed by atoms with Gasteiger partial charge in [0.2, 0.25) is 5.95 Å². The summed E-state index contributed by atoms with van der Waals surface area (Å²) in [6.45, 7) is 3.83. The van der Waals surface area contributed by atoms with Crippen LogP contribution in [0.3, 0.4) is 0 Å². The van der Waals surface area contributed by atoms with Crippen LogP contribution in [0.15, 0.2) is 48.7 Å². The lowest BCUT2D eigenvalue weighted by Crippen LogP contribution is -2.16. The van der Waals surface area contributed by atoms with Crippen LogP contribution in [0.25, 0.3) is 6.08 Å². The second-order valence-electron chi connectivity index (χ2n) is 6.75. The number of nitriles is 2. The third-order valence-electron chi connectivity index (χ3n) is 4.47. The zero-order chi connectivity index (χ0) is 22.4. The summed E-state index contributed by atoms with van der Waals surface area (Å²) in [5.41, 5.74) is 10.4. The predicted molar refractivity (Wildman–Crippen MR) is 119 cm³/mol. The van der Waals surface area contributed by atoms with Gasteiger partial charge in [0.1, 0.15) is 11.4 Å². The van der Waals surface area contributed by atoms with E-state index < -0.39 is 5.91 Å². The molecule has 3 aromatic rings. The maximum atomic E-state index is 11.9. The number of aromatic nitrogens is 2. The number of aryl methyl sites for hydroxylation is 2. The van der Waals surface area contributed by atoms with Crippen LogP contribution in [0, 0.1) is 36.5 Å². The van der Waals surface area contributed by atoms with E-state index in [9.17, 15) is 4.79 Å². The highest BCUT2D eigenvalue weighted by Crippen LogP contribution is 2.28. The number of amides is 1. The molecule has 0 saturated heterocycles. The molecule has 0 spiro atoms. The molecule has 0 saturated carbocycles. The fourth-order valence-corrected chi connectivity index (χ4v) is 3.02. The Labute approximate surface area is 179 Å². The molecular weight excluding hydrogens is 390 g/mol. The molecule has 8 heteroatoms. The Morgan fingerprint density at radius 2 is 1.77 bits per heavy atom. The number of primary amides is 1. The largest absolute Gasteiger partial charge is 0.365 e. The fraction of sp³-hybridized carbons (Fsp3) is 0.0870. The predicted octanol–water partition coefficient (Wildman–Crippen LogP) is 4.09. The van der Waals surface area contributed by atoms with Gasteiger partial charge in [-0.05, 0) is 73.0 Å². The molecule has 1 heterocycles. The van der Waals surface area contributed by atoms with E-state index in [0.29, 0.717) is 11.3 Å². The van der Waals surface area contributed by atoms with Gasteiger partial charge in [-0.3, -0.25) is 4.79 Å². The molecule has 0 fully saturated rings. The van der Waals surface area contributed by atoms with Gasteiger partial charge in [0.25, 0.3) is 5.91 Å². The quantitative estimate of drug-likeness (QED) is 0.521. The number of benzene rings is 2. The lowest BCUT2D eigenvalue weighted by atomic mass is 10.0. The van der Waals surface area contributed by atoms with E-state index in [0.717, 1.165) is 22.4 Å². The number of anilines is 4. The van der Waals surface area contributed by atoms with Crippen molar-refractivity contribution >= 4 is 35.1 Å². The van der Waals surface area contributed by atoms with Crippen molar-refractivity contribution in [2.75, 3.05) is 10.6 Å². The van der Waals surface area contributed by atoms with Crippen molar-refractivity contribution in [1.82, 2.24) is 9.97 Å². The van der Waals surface area contributed by atoms with Crippen LogP contribution in [0.1, 0.15) is 32.6 Å². The average Bonchev–Trinajstić information content (AvgIpc) is 2.75. The van der Waals surface area contributed by atoms with E-state index in [-0.39, 0.29) is 17.3 Å². The molecule has 1 amide bonds.